The number of ether oxygens (including phenoxy) is 1. The fourth-order valence-electron chi connectivity index (χ4n) is 1.53. The standard InChI is InChI=1S/C13H16N2OS/c1-2-16-12-5-3-11(4-6-12)14-8-7-13-15-9-10-17-13/h3-6,9-10,14H,2,7-8H2,1H3. The van der Waals surface area contributed by atoms with Gasteiger partial charge in [0.1, 0.15) is 5.75 Å². The van der Waals surface area contributed by atoms with Gasteiger partial charge in [-0.25, -0.2) is 4.98 Å². The SMILES string of the molecule is CCOc1ccc(NCCc2nccs2)cc1. The predicted octanol–water partition coefficient (Wildman–Crippen LogP) is 3.20. The van der Waals surface area contributed by atoms with Gasteiger partial charge in [0.2, 0.25) is 0 Å². The van der Waals surface area contributed by atoms with Crippen LogP contribution in [0.4, 0.5) is 5.69 Å². The second kappa shape index (κ2) is 6.25. The average molecular weight is 248 g/mol. The van der Waals surface area contributed by atoms with E-state index in [1.807, 2.05) is 42.8 Å². The molecule has 0 amide bonds. The lowest BCUT2D eigenvalue weighted by Crippen LogP contribution is -2.04. The van der Waals surface area contributed by atoms with E-state index in [1.54, 1.807) is 11.3 Å². The Kier molecular flexibility index (Phi) is 4.38. The lowest BCUT2D eigenvalue weighted by molar-refractivity contribution is 0.340. The Labute approximate surface area is 105 Å². The Balaban J connectivity index is 1.79. The second-order valence-electron chi connectivity index (χ2n) is 3.56. The molecule has 0 aliphatic heterocycles. The number of rotatable bonds is 6. The van der Waals surface area contributed by atoms with Crippen molar-refractivity contribution in [2.45, 2.75) is 13.3 Å². The summed E-state index contributed by atoms with van der Waals surface area (Å²) in [5.74, 6) is 0.915. The quantitative estimate of drug-likeness (QED) is 0.852. The van der Waals surface area contributed by atoms with Crippen molar-refractivity contribution in [3.05, 3.63) is 40.8 Å². The molecule has 17 heavy (non-hydrogen) atoms. The van der Waals surface area contributed by atoms with E-state index in [4.69, 9.17) is 4.74 Å². The van der Waals surface area contributed by atoms with Gasteiger partial charge < -0.3 is 10.1 Å². The third-order valence-corrected chi connectivity index (χ3v) is 3.16. The van der Waals surface area contributed by atoms with Gasteiger partial charge in [0.15, 0.2) is 0 Å². The van der Waals surface area contributed by atoms with Crippen LogP contribution >= 0.6 is 11.3 Å². The molecule has 2 rings (SSSR count). The Bertz CT molecular complexity index is 425. The zero-order valence-electron chi connectivity index (χ0n) is 9.85. The number of aromatic nitrogens is 1. The van der Waals surface area contributed by atoms with E-state index in [2.05, 4.69) is 10.3 Å². The molecule has 0 aliphatic rings. The van der Waals surface area contributed by atoms with E-state index >= 15 is 0 Å². The largest absolute Gasteiger partial charge is 0.494 e. The Morgan fingerprint density at radius 3 is 2.76 bits per heavy atom. The highest BCUT2D eigenvalue weighted by molar-refractivity contribution is 7.09. The van der Waals surface area contributed by atoms with Crippen molar-refractivity contribution in [3.8, 4) is 5.75 Å². The summed E-state index contributed by atoms with van der Waals surface area (Å²) < 4.78 is 5.39. The first-order valence-corrected chi connectivity index (χ1v) is 6.61. The molecule has 2 aromatic rings. The maximum absolute atomic E-state index is 5.39. The van der Waals surface area contributed by atoms with Crippen LogP contribution in [0.25, 0.3) is 0 Å². The maximum Gasteiger partial charge on any atom is 0.119 e. The molecule has 0 saturated carbocycles. The summed E-state index contributed by atoms with van der Waals surface area (Å²) in [6.45, 7) is 3.60. The van der Waals surface area contributed by atoms with Gasteiger partial charge in [0.25, 0.3) is 0 Å². The summed E-state index contributed by atoms with van der Waals surface area (Å²) >= 11 is 1.70. The summed E-state index contributed by atoms with van der Waals surface area (Å²) in [6.07, 6.45) is 2.81. The number of hydrogen-bond donors (Lipinski definition) is 1. The summed E-state index contributed by atoms with van der Waals surface area (Å²) in [5.41, 5.74) is 1.12. The normalized spacial score (nSPS) is 10.2. The average Bonchev–Trinajstić information content (AvgIpc) is 2.85. The van der Waals surface area contributed by atoms with Gasteiger partial charge in [0, 0.05) is 30.2 Å². The van der Waals surface area contributed by atoms with Crippen LogP contribution in [0.2, 0.25) is 0 Å². The van der Waals surface area contributed by atoms with E-state index < -0.39 is 0 Å². The fourth-order valence-corrected chi connectivity index (χ4v) is 2.15. The lowest BCUT2D eigenvalue weighted by Gasteiger charge is -2.07. The van der Waals surface area contributed by atoms with Gasteiger partial charge in [-0.1, -0.05) is 0 Å². The summed E-state index contributed by atoms with van der Waals surface area (Å²) in [5, 5.41) is 6.54. The minimum absolute atomic E-state index is 0.705. The number of nitrogens with zero attached hydrogens (tertiary/aromatic N) is 1. The van der Waals surface area contributed by atoms with Crippen LogP contribution in [0.3, 0.4) is 0 Å². The zero-order valence-corrected chi connectivity index (χ0v) is 10.7. The highest BCUT2D eigenvalue weighted by Gasteiger charge is 1.96. The molecule has 0 atom stereocenters. The van der Waals surface area contributed by atoms with Crippen LogP contribution in [0, 0.1) is 0 Å². The highest BCUT2D eigenvalue weighted by Crippen LogP contribution is 2.15. The number of benzene rings is 1. The van der Waals surface area contributed by atoms with E-state index in [1.165, 1.54) is 5.01 Å². The summed E-state index contributed by atoms with van der Waals surface area (Å²) in [4.78, 5) is 4.24. The first kappa shape index (κ1) is 11.9. The molecule has 0 fully saturated rings. The molecule has 0 spiro atoms. The number of hydrogen-bond acceptors (Lipinski definition) is 4. The van der Waals surface area contributed by atoms with E-state index in [0.29, 0.717) is 6.61 Å². The fraction of sp³-hybridized carbons (Fsp3) is 0.308. The van der Waals surface area contributed by atoms with Gasteiger partial charge in [-0.2, -0.15) is 0 Å². The number of nitrogens with one attached hydrogen (secondary N) is 1. The first-order chi connectivity index (χ1) is 8.38. The maximum atomic E-state index is 5.39. The molecule has 4 heteroatoms. The molecule has 1 N–H and O–H groups in total. The molecular formula is C13H16N2OS. The second-order valence-corrected chi connectivity index (χ2v) is 4.54. The highest BCUT2D eigenvalue weighted by atomic mass is 32.1. The molecule has 1 heterocycles. The smallest absolute Gasteiger partial charge is 0.119 e. The van der Waals surface area contributed by atoms with E-state index in [-0.39, 0.29) is 0 Å². The van der Waals surface area contributed by atoms with Crippen molar-refractivity contribution in [3.63, 3.8) is 0 Å². The third kappa shape index (κ3) is 3.75. The van der Waals surface area contributed by atoms with Gasteiger partial charge in [-0.05, 0) is 31.2 Å². The molecule has 0 unspecified atom stereocenters. The van der Waals surface area contributed by atoms with Crippen LogP contribution in [0.5, 0.6) is 5.75 Å². The van der Waals surface area contributed by atoms with E-state index in [9.17, 15) is 0 Å². The Morgan fingerprint density at radius 2 is 2.12 bits per heavy atom. The topological polar surface area (TPSA) is 34.1 Å². The molecule has 0 bridgehead atoms. The number of thiazole rings is 1. The van der Waals surface area contributed by atoms with Crippen molar-refractivity contribution in [2.24, 2.45) is 0 Å². The summed E-state index contributed by atoms with van der Waals surface area (Å²) in [6, 6.07) is 8.03. The molecular weight excluding hydrogens is 232 g/mol. The zero-order chi connectivity index (χ0) is 11.9. The molecule has 0 saturated heterocycles. The molecule has 0 radical (unpaired) electrons. The van der Waals surface area contributed by atoms with Crippen molar-refractivity contribution < 1.29 is 4.74 Å². The predicted molar refractivity (Wildman–Crippen MR) is 71.9 cm³/mol. The van der Waals surface area contributed by atoms with Crippen molar-refractivity contribution in [1.29, 1.82) is 0 Å². The van der Waals surface area contributed by atoms with Crippen LogP contribution < -0.4 is 10.1 Å². The Morgan fingerprint density at radius 1 is 1.29 bits per heavy atom. The van der Waals surface area contributed by atoms with Crippen LogP contribution in [0.1, 0.15) is 11.9 Å². The molecule has 90 valence electrons. The molecule has 0 aliphatic carbocycles. The minimum Gasteiger partial charge on any atom is -0.494 e. The van der Waals surface area contributed by atoms with Gasteiger partial charge in [0.05, 0.1) is 11.6 Å². The molecule has 3 nitrogen and oxygen atoms in total. The minimum atomic E-state index is 0.705. The number of anilines is 1. The van der Waals surface area contributed by atoms with Crippen LogP contribution in [0.15, 0.2) is 35.8 Å². The van der Waals surface area contributed by atoms with Crippen LogP contribution in [-0.4, -0.2) is 18.1 Å². The van der Waals surface area contributed by atoms with Crippen molar-refractivity contribution >= 4 is 17.0 Å². The van der Waals surface area contributed by atoms with Crippen molar-refractivity contribution in [1.82, 2.24) is 4.98 Å². The third-order valence-electron chi connectivity index (χ3n) is 2.32. The Hall–Kier alpha value is -1.55. The van der Waals surface area contributed by atoms with Gasteiger partial charge in [-0.3, -0.25) is 0 Å². The first-order valence-electron chi connectivity index (χ1n) is 5.73. The summed E-state index contributed by atoms with van der Waals surface area (Å²) in [7, 11) is 0. The lowest BCUT2D eigenvalue weighted by atomic mass is 10.3. The monoisotopic (exact) mass is 248 g/mol. The molecule has 1 aromatic heterocycles. The van der Waals surface area contributed by atoms with Gasteiger partial charge in [-0.15, -0.1) is 11.3 Å². The van der Waals surface area contributed by atoms with Gasteiger partial charge >= 0.3 is 0 Å². The van der Waals surface area contributed by atoms with Crippen molar-refractivity contribution in [2.75, 3.05) is 18.5 Å². The van der Waals surface area contributed by atoms with E-state index in [0.717, 1.165) is 24.4 Å². The molecule has 1 aromatic carbocycles. The van der Waals surface area contributed by atoms with Crippen LogP contribution in [-0.2, 0) is 6.42 Å².